The highest BCUT2D eigenvalue weighted by molar-refractivity contribution is 6.03. The highest BCUT2D eigenvalue weighted by Gasteiger charge is 2.07. The number of carbonyl (C=O) groups is 1. The smallest absolute Gasteiger partial charge is 0.256 e. The first-order valence-corrected chi connectivity index (χ1v) is 7.28. The normalized spacial score (nSPS) is 10.3. The number of amides is 1. The Kier molecular flexibility index (Phi) is 4.38. The van der Waals surface area contributed by atoms with Gasteiger partial charge in [0.25, 0.3) is 5.91 Å². The number of hydrogen-bond acceptors (Lipinski definition) is 3. The van der Waals surface area contributed by atoms with Gasteiger partial charge in [-0.2, -0.15) is 5.10 Å². The van der Waals surface area contributed by atoms with Gasteiger partial charge in [-0.3, -0.25) is 9.48 Å². The van der Waals surface area contributed by atoms with Crippen LogP contribution in [0, 0.1) is 0 Å². The van der Waals surface area contributed by atoms with Crippen LogP contribution in [0.5, 0.6) is 5.75 Å². The zero-order valence-corrected chi connectivity index (χ0v) is 12.8. The maximum absolute atomic E-state index is 12.1. The van der Waals surface area contributed by atoms with Crippen molar-refractivity contribution in [2.24, 2.45) is 7.05 Å². The summed E-state index contributed by atoms with van der Waals surface area (Å²) in [5.41, 5.74) is 1.59. The van der Waals surface area contributed by atoms with Gasteiger partial charge in [-0.1, -0.05) is 30.3 Å². The first kappa shape index (κ1) is 14.8. The molecule has 0 aliphatic heterocycles. The van der Waals surface area contributed by atoms with Gasteiger partial charge in [0.15, 0.2) is 5.82 Å². The molecule has 0 saturated carbocycles. The van der Waals surface area contributed by atoms with E-state index in [1.165, 1.54) is 0 Å². The van der Waals surface area contributed by atoms with Gasteiger partial charge >= 0.3 is 0 Å². The van der Waals surface area contributed by atoms with Crippen LogP contribution in [0.1, 0.15) is 15.9 Å². The molecule has 3 rings (SSSR count). The Hall–Kier alpha value is -3.08. The second-order valence-electron chi connectivity index (χ2n) is 5.13. The van der Waals surface area contributed by atoms with Crippen molar-refractivity contribution in [3.05, 3.63) is 78.0 Å². The largest absolute Gasteiger partial charge is 0.489 e. The lowest BCUT2D eigenvalue weighted by Crippen LogP contribution is -2.12. The molecule has 1 N–H and O–H groups in total. The molecule has 116 valence electrons. The zero-order chi connectivity index (χ0) is 16.1. The van der Waals surface area contributed by atoms with E-state index in [4.69, 9.17) is 4.74 Å². The Morgan fingerprint density at radius 3 is 2.48 bits per heavy atom. The summed E-state index contributed by atoms with van der Waals surface area (Å²) in [7, 11) is 1.80. The van der Waals surface area contributed by atoms with Crippen LogP contribution in [0.15, 0.2) is 66.9 Å². The Bertz CT molecular complexity index is 780. The molecule has 1 amide bonds. The van der Waals surface area contributed by atoms with Crippen molar-refractivity contribution in [1.82, 2.24) is 9.78 Å². The fraction of sp³-hybridized carbons (Fsp3) is 0.111. The molecule has 0 aliphatic carbocycles. The lowest BCUT2D eigenvalue weighted by Gasteiger charge is -2.07. The van der Waals surface area contributed by atoms with E-state index in [0.29, 0.717) is 18.0 Å². The van der Waals surface area contributed by atoms with Gasteiger partial charge in [-0.15, -0.1) is 0 Å². The maximum atomic E-state index is 12.1. The Labute approximate surface area is 134 Å². The third-order valence-electron chi connectivity index (χ3n) is 3.32. The molecule has 0 spiro atoms. The van der Waals surface area contributed by atoms with Crippen LogP contribution in [0.2, 0.25) is 0 Å². The van der Waals surface area contributed by atoms with Crippen LogP contribution in [0.3, 0.4) is 0 Å². The van der Waals surface area contributed by atoms with Crippen LogP contribution < -0.4 is 10.1 Å². The third kappa shape index (κ3) is 3.97. The number of aryl methyl sites for hydroxylation is 1. The molecule has 0 bridgehead atoms. The fourth-order valence-corrected chi connectivity index (χ4v) is 2.11. The SMILES string of the molecule is Cn1ccc(NC(=O)c2ccc(COc3ccccc3)cc2)n1. The van der Waals surface area contributed by atoms with Crippen molar-refractivity contribution in [1.29, 1.82) is 0 Å². The van der Waals surface area contributed by atoms with Gasteiger partial charge in [0, 0.05) is 24.9 Å². The monoisotopic (exact) mass is 307 g/mol. The molecule has 0 saturated heterocycles. The van der Waals surface area contributed by atoms with Gasteiger partial charge < -0.3 is 10.1 Å². The summed E-state index contributed by atoms with van der Waals surface area (Å²) in [6, 6.07) is 18.7. The van der Waals surface area contributed by atoms with Gasteiger partial charge in [-0.25, -0.2) is 0 Å². The number of para-hydroxylation sites is 1. The second-order valence-corrected chi connectivity index (χ2v) is 5.13. The molecule has 1 heterocycles. The van der Waals surface area contributed by atoms with Crippen LogP contribution in [0.25, 0.3) is 0 Å². The number of carbonyl (C=O) groups excluding carboxylic acids is 1. The van der Waals surface area contributed by atoms with Crippen LogP contribution >= 0.6 is 0 Å². The molecular weight excluding hydrogens is 290 g/mol. The van der Waals surface area contributed by atoms with Crippen LogP contribution in [-0.2, 0) is 13.7 Å². The lowest BCUT2D eigenvalue weighted by molar-refractivity contribution is 0.102. The van der Waals surface area contributed by atoms with Crippen molar-refractivity contribution in [3.8, 4) is 5.75 Å². The average Bonchev–Trinajstić information content (AvgIpc) is 2.99. The van der Waals surface area contributed by atoms with E-state index in [9.17, 15) is 4.79 Å². The van der Waals surface area contributed by atoms with Crippen molar-refractivity contribution in [2.75, 3.05) is 5.32 Å². The minimum Gasteiger partial charge on any atom is -0.489 e. The maximum Gasteiger partial charge on any atom is 0.256 e. The molecule has 3 aromatic rings. The average molecular weight is 307 g/mol. The number of ether oxygens (including phenoxy) is 1. The number of aromatic nitrogens is 2. The van der Waals surface area contributed by atoms with Crippen molar-refractivity contribution < 1.29 is 9.53 Å². The van der Waals surface area contributed by atoms with E-state index in [2.05, 4.69) is 10.4 Å². The summed E-state index contributed by atoms with van der Waals surface area (Å²) < 4.78 is 7.32. The van der Waals surface area contributed by atoms with Gasteiger partial charge in [0.05, 0.1) is 0 Å². The van der Waals surface area contributed by atoms with Gasteiger partial charge in [0.2, 0.25) is 0 Å². The minimum absolute atomic E-state index is 0.181. The predicted octanol–water partition coefficient (Wildman–Crippen LogP) is 3.25. The highest BCUT2D eigenvalue weighted by atomic mass is 16.5. The Balaban J connectivity index is 1.59. The number of nitrogens with zero attached hydrogens (tertiary/aromatic N) is 2. The number of anilines is 1. The predicted molar refractivity (Wildman–Crippen MR) is 88.4 cm³/mol. The molecule has 0 aliphatic rings. The summed E-state index contributed by atoms with van der Waals surface area (Å²) in [5, 5.41) is 6.88. The molecule has 1 aromatic heterocycles. The minimum atomic E-state index is -0.181. The lowest BCUT2D eigenvalue weighted by atomic mass is 10.1. The number of rotatable bonds is 5. The number of benzene rings is 2. The Morgan fingerprint density at radius 2 is 1.83 bits per heavy atom. The molecule has 0 radical (unpaired) electrons. The molecule has 2 aromatic carbocycles. The first-order chi connectivity index (χ1) is 11.2. The van der Waals surface area contributed by atoms with Crippen molar-refractivity contribution in [2.45, 2.75) is 6.61 Å². The quantitative estimate of drug-likeness (QED) is 0.787. The van der Waals surface area contributed by atoms with E-state index in [0.717, 1.165) is 11.3 Å². The molecule has 5 nitrogen and oxygen atoms in total. The summed E-state index contributed by atoms with van der Waals surface area (Å²) >= 11 is 0. The topological polar surface area (TPSA) is 56.2 Å². The van der Waals surface area contributed by atoms with E-state index in [1.54, 1.807) is 36.1 Å². The molecule has 23 heavy (non-hydrogen) atoms. The van der Waals surface area contributed by atoms with Gasteiger partial charge in [-0.05, 0) is 29.8 Å². The standard InChI is InChI=1S/C18H17N3O2/c1-21-12-11-17(20-21)19-18(22)15-9-7-14(8-10-15)13-23-16-5-3-2-4-6-16/h2-12H,13H2,1H3,(H,19,20,22). The third-order valence-corrected chi connectivity index (χ3v) is 3.32. The first-order valence-electron chi connectivity index (χ1n) is 7.28. The van der Waals surface area contributed by atoms with Crippen LogP contribution in [-0.4, -0.2) is 15.7 Å². The number of nitrogens with one attached hydrogen (secondary N) is 1. The van der Waals surface area contributed by atoms with Crippen LogP contribution in [0.4, 0.5) is 5.82 Å². The summed E-state index contributed by atoms with van der Waals surface area (Å²) in [5.74, 6) is 1.18. The molecule has 0 atom stereocenters. The number of hydrogen-bond donors (Lipinski definition) is 1. The molecule has 0 unspecified atom stereocenters. The van der Waals surface area contributed by atoms with Crippen molar-refractivity contribution >= 4 is 11.7 Å². The van der Waals surface area contributed by atoms with E-state index >= 15 is 0 Å². The molecular formula is C18H17N3O2. The molecule has 0 fully saturated rings. The highest BCUT2D eigenvalue weighted by Crippen LogP contribution is 2.13. The van der Waals surface area contributed by atoms with E-state index < -0.39 is 0 Å². The summed E-state index contributed by atoms with van der Waals surface area (Å²) in [6.45, 7) is 0.464. The van der Waals surface area contributed by atoms with Crippen molar-refractivity contribution in [3.63, 3.8) is 0 Å². The summed E-state index contributed by atoms with van der Waals surface area (Å²) in [4.78, 5) is 12.1. The summed E-state index contributed by atoms with van der Waals surface area (Å²) in [6.07, 6.45) is 1.78. The van der Waals surface area contributed by atoms with Gasteiger partial charge in [0.1, 0.15) is 12.4 Å². The second kappa shape index (κ2) is 6.79. The van der Waals surface area contributed by atoms with E-state index in [-0.39, 0.29) is 5.91 Å². The Morgan fingerprint density at radius 1 is 1.09 bits per heavy atom. The van der Waals surface area contributed by atoms with E-state index in [1.807, 2.05) is 42.5 Å². The fourth-order valence-electron chi connectivity index (χ4n) is 2.11. The zero-order valence-electron chi connectivity index (χ0n) is 12.8. The molecule has 5 heteroatoms.